The zero-order chi connectivity index (χ0) is 15.9. The Morgan fingerprint density at radius 1 is 1.32 bits per heavy atom. The number of fused-ring (bicyclic) bond motifs is 1. The molecule has 0 bridgehead atoms. The number of carbonyl (C=O) groups is 1. The molecule has 0 aliphatic carbocycles. The smallest absolute Gasteiger partial charge is 0.250 e. The number of carbonyl (C=O) groups excluding carboxylic acids is 1. The van der Waals surface area contributed by atoms with Gasteiger partial charge in [0.25, 0.3) is 5.91 Å². The molecule has 2 N–H and O–H groups in total. The van der Waals surface area contributed by atoms with Crippen LogP contribution in [0.2, 0.25) is 0 Å². The van der Waals surface area contributed by atoms with Crippen molar-refractivity contribution in [1.82, 2.24) is 9.55 Å². The molecule has 0 atom stereocenters. The van der Waals surface area contributed by atoms with Crippen LogP contribution >= 0.6 is 0 Å². The van der Waals surface area contributed by atoms with E-state index in [0.29, 0.717) is 11.1 Å². The van der Waals surface area contributed by atoms with E-state index in [-0.39, 0.29) is 0 Å². The maximum Gasteiger partial charge on any atom is 0.250 e. The molecule has 4 nitrogen and oxygen atoms in total. The Morgan fingerprint density at radius 3 is 2.73 bits per heavy atom. The highest BCUT2D eigenvalue weighted by Gasteiger charge is 2.13. The SMILES string of the molecule is CCn1cc(C(N)=O)c2cc(-c3cnc(F)c(C)c3)ccc21. The Balaban J connectivity index is 2.22. The highest BCUT2D eigenvalue weighted by atomic mass is 19.1. The third kappa shape index (κ3) is 2.24. The topological polar surface area (TPSA) is 60.9 Å². The lowest BCUT2D eigenvalue weighted by atomic mass is 10.0. The van der Waals surface area contributed by atoms with Crippen LogP contribution in [0.25, 0.3) is 22.0 Å². The van der Waals surface area contributed by atoms with E-state index in [1.165, 1.54) is 6.20 Å². The third-order valence-corrected chi connectivity index (χ3v) is 3.83. The van der Waals surface area contributed by atoms with Gasteiger partial charge in [-0.2, -0.15) is 4.39 Å². The van der Waals surface area contributed by atoms with Crippen molar-refractivity contribution in [3.63, 3.8) is 0 Å². The number of pyridine rings is 1. The first-order valence-corrected chi connectivity index (χ1v) is 7.06. The van der Waals surface area contributed by atoms with Gasteiger partial charge in [-0.3, -0.25) is 4.79 Å². The lowest BCUT2D eigenvalue weighted by Crippen LogP contribution is -2.10. The average Bonchev–Trinajstić information content (AvgIpc) is 2.88. The van der Waals surface area contributed by atoms with E-state index in [9.17, 15) is 9.18 Å². The molecule has 2 heterocycles. The van der Waals surface area contributed by atoms with E-state index >= 15 is 0 Å². The summed E-state index contributed by atoms with van der Waals surface area (Å²) in [5.41, 5.74) is 9.07. The van der Waals surface area contributed by atoms with Gasteiger partial charge in [0, 0.05) is 41.0 Å². The number of rotatable bonds is 3. The van der Waals surface area contributed by atoms with Crippen molar-refractivity contribution in [3.8, 4) is 11.1 Å². The minimum absolute atomic E-state index is 0.456. The highest BCUT2D eigenvalue weighted by Crippen LogP contribution is 2.28. The second-order valence-electron chi connectivity index (χ2n) is 5.26. The molecule has 1 aromatic carbocycles. The third-order valence-electron chi connectivity index (χ3n) is 3.83. The molecule has 3 rings (SSSR count). The number of benzene rings is 1. The van der Waals surface area contributed by atoms with E-state index in [2.05, 4.69) is 4.98 Å². The first-order chi connectivity index (χ1) is 10.5. The monoisotopic (exact) mass is 297 g/mol. The Kier molecular flexibility index (Phi) is 3.41. The van der Waals surface area contributed by atoms with Crippen LogP contribution in [0, 0.1) is 12.9 Å². The number of halogens is 1. The van der Waals surface area contributed by atoms with E-state index < -0.39 is 11.9 Å². The number of aryl methyl sites for hydroxylation is 2. The molecule has 0 saturated heterocycles. The van der Waals surface area contributed by atoms with E-state index in [1.807, 2.05) is 29.7 Å². The molecule has 22 heavy (non-hydrogen) atoms. The number of primary amides is 1. The Labute approximate surface area is 127 Å². The Bertz CT molecular complexity index is 883. The van der Waals surface area contributed by atoms with Crippen molar-refractivity contribution in [2.75, 3.05) is 0 Å². The van der Waals surface area contributed by atoms with Crippen molar-refractivity contribution in [2.45, 2.75) is 20.4 Å². The van der Waals surface area contributed by atoms with Crippen LogP contribution in [0.5, 0.6) is 0 Å². The molecule has 5 heteroatoms. The predicted octanol–water partition coefficient (Wildman–Crippen LogP) is 3.27. The van der Waals surface area contributed by atoms with Gasteiger partial charge in [0.05, 0.1) is 5.56 Å². The number of amides is 1. The molecular weight excluding hydrogens is 281 g/mol. The molecule has 3 aromatic rings. The molecule has 0 aliphatic rings. The summed E-state index contributed by atoms with van der Waals surface area (Å²) in [7, 11) is 0. The number of hydrogen-bond donors (Lipinski definition) is 1. The summed E-state index contributed by atoms with van der Waals surface area (Å²) in [4.78, 5) is 15.4. The molecular formula is C17H16FN3O. The van der Waals surface area contributed by atoms with Crippen LogP contribution in [-0.4, -0.2) is 15.5 Å². The quantitative estimate of drug-likeness (QED) is 0.754. The van der Waals surface area contributed by atoms with Crippen LogP contribution in [0.15, 0.2) is 36.7 Å². The van der Waals surface area contributed by atoms with Crippen LogP contribution in [0.1, 0.15) is 22.8 Å². The summed E-state index contributed by atoms with van der Waals surface area (Å²) < 4.78 is 15.3. The summed E-state index contributed by atoms with van der Waals surface area (Å²) in [5, 5.41) is 0.800. The average molecular weight is 297 g/mol. The van der Waals surface area contributed by atoms with Gasteiger partial charge in [0.1, 0.15) is 0 Å². The number of aromatic nitrogens is 2. The molecule has 0 radical (unpaired) electrons. The second-order valence-corrected chi connectivity index (χ2v) is 5.26. The van der Waals surface area contributed by atoms with E-state index in [0.717, 1.165) is 28.6 Å². The highest BCUT2D eigenvalue weighted by molar-refractivity contribution is 6.07. The van der Waals surface area contributed by atoms with Gasteiger partial charge in [-0.05, 0) is 37.6 Å². The number of hydrogen-bond acceptors (Lipinski definition) is 2. The van der Waals surface area contributed by atoms with Gasteiger partial charge in [0.2, 0.25) is 5.95 Å². The summed E-state index contributed by atoms with van der Waals surface area (Å²) in [6.45, 7) is 4.43. The summed E-state index contributed by atoms with van der Waals surface area (Å²) in [6, 6.07) is 7.52. The molecule has 0 aliphatic heterocycles. The number of nitrogens with zero attached hydrogens (tertiary/aromatic N) is 2. The Hall–Kier alpha value is -2.69. The minimum Gasteiger partial charge on any atom is -0.366 e. The van der Waals surface area contributed by atoms with Crippen LogP contribution in [-0.2, 0) is 6.54 Å². The van der Waals surface area contributed by atoms with Gasteiger partial charge in [-0.25, -0.2) is 4.98 Å². The molecule has 0 fully saturated rings. The molecule has 0 saturated carbocycles. The fourth-order valence-corrected chi connectivity index (χ4v) is 2.65. The van der Waals surface area contributed by atoms with Crippen LogP contribution in [0.4, 0.5) is 4.39 Å². The fourth-order valence-electron chi connectivity index (χ4n) is 2.65. The summed E-state index contributed by atoms with van der Waals surface area (Å²) in [6.07, 6.45) is 3.26. The van der Waals surface area contributed by atoms with Crippen molar-refractivity contribution >= 4 is 16.8 Å². The lowest BCUT2D eigenvalue weighted by Gasteiger charge is -2.05. The molecule has 0 spiro atoms. The molecule has 112 valence electrons. The van der Waals surface area contributed by atoms with E-state index in [1.54, 1.807) is 19.2 Å². The van der Waals surface area contributed by atoms with Crippen LogP contribution in [0.3, 0.4) is 0 Å². The molecule has 0 unspecified atom stereocenters. The maximum atomic E-state index is 13.3. The van der Waals surface area contributed by atoms with Crippen molar-refractivity contribution in [3.05, 3.63) is 53.7 Å². The van der Waals surface area contributed by atoms with Gasteiger partial charge in [0.15, 0.2) is 0 Å². The second kappa shape index (κ2) is 5.26. The zero-order valence-electron chi connectivity index (χ0n) is 12.4. The summed E-state index contributed by atoms with van der Waals surface area (Å²) >= 11 is 0. The Morgan fingerprint density at radius 2 is 2.09 bits per heavy atom. The molecule has 2 aromatic heterocycles. The first kappa shape index (κ1) is 14.3. The summed E-state index contributed by atoms with van der Waals surface area (Å²) in [5.74, 6) is -0.928. The molecule has 1 amide bonds. The van der Waals surface area contributed by atoms with Crippen LogP contribution < -0.4 is 5.73 Å². The largest absolute Gasteiger partial charge is 0.366 e. The van der Waals surface area contributed by atoms with Gasteiger partial charge in [-0.1, -0.05) is 6.07 Å². The predicted molar refractivity (Wildman–Crippen MR) is 84.1 cm³/mol. The maximum absolute atomic E-state index is 13.3. The standard InChI is InChI=1S/C17H16FN3O/c1-3-21-9-14(17(19)22)13-7-11(4-5-15(13)21)12-6-10(2)16(18)20-8-12/h4-9H,3H2,1-2H3,(H2,19,22). The van der Waals surface area contributed by atoms with Gasteiger partial charge < -0.3 is 10.3 Å². The fraction of sp³-hybridized carbons (Fsp3) is 0.176. The van der Waals surface area contributed by atoms with Crippen molar-refractivity contribution in [1.29, 1.82) is 0 Å². The minimum atomic E-state index is -0.472. The van der Waals surface area contributed by atoms with E-state index in [4.69, 9.17) is 5.73 Å². The van der Waals surface area contributed by atoms with Crippen molar-refractivity contribution in [2.24, 2.45) is 5.73 Å². The number of nitrogens with two attached hydrogens (primary N) is 1. The normalized spacial score (nSPS) is 11.0. The zero-order valence-corrected chi connectivity index (χ0v) is 12.4. The van der Waals surface area contributed by atoms with Gasteiger partial charge >= 0.3 is 0 Å². The van der Waals surface area contributed by atoms with Crippen molar-refractivity contribution < 1.29 is 9.18 Å². The lowest BCUT2D eigenvalue weighted by molar-refractivity contribution is 0.100. The van der Waals surface area contributed by atoms with Gasteiger partial charge in [-0.15, -0.1) is 0 Å². The first-order valence-electron chi connectivity index (χ1n) is 7.06.